The molecule has 0 aliphatic rings. The van der Waals surface area contributed by atoms with Crippen LogP contribution in [0.25, 0.3) is 0 Å². The number of pyridine rings is 2. The first-order chi connectivity index (χ1) is 9.86. The van der Waals surface area contributed by atoms with Crippen LogP contribution in [-0.2, 0) is 3.93 Å². The summed E-state index contributed by atoms with van der Waals surface area (Å²) in [5, 5.41) is -0.0531. The summed E-state index contributed by atoms with van der Waals surface area (Å²) in [4.78, 5) is 19.9. The molecule has 2 N–H and O–H groups in total. The number of hydrogen-bond acceptors (Lipinski definition) is 4. The van der Waals surface area contributed by atoms with Crippen LogP contribution in [0.5, 0.6) is 0 Å². The van der Waals surface area contributed by atoms with Crippen molar-refractivity contribution in [3.05, 3.63) is 52.4 Å². The molecule has 4 nitrogen and oxygen atoms in total. The maximum absolute atomic E-state index is 14.0. The van der Waals surface area contributed by atoms with Gasteiger partial charge in [0.25, 0.3) is 0 Å². The molecular weight excluding hydrogens is 415 g/mol. The highest BCUT2D eigenvalue weighted by molar-refractivity contribution is 14.2. The second-order valence-electron chi connectivity index (χ2n) is 3.93. The average molecular weight is 424 g/mol. The average Bonchev–Trinajstić information content (AvgIpc) is 2.46. The normalized spacial score (nSPS) is 11.4. The lowest BCUT2D eigenvalue weighted by atomic mass is 10.0. The molecule has 0 fully saturated rings. The van der Waals surface area contributed by atoms with Gasteiger partial charge in [0.1, 0.15) is 16.7 Å². The van der Waals surface area contributed by atoms with E-state index in [1.165, 1.54) is 24.4 Å². The van der Waals surface area contributed by atoms with Crippen LogP contribution in [0.15, 0.2) is 30.5 Å². The number of alkyl halides is 3. The summed E-state index contributed by atoms with van der Waals surface area (Å²) in [6, 6.07) is 5.20. The first kappa shape index (κ1) is 15.9. The third kappa shape index (κ3) is 3.24. The monoisotopic (exact) mass is 423 g/mol. The summed E-state index contributed by atoms with van der Waals surface area (Å²) < 4.78 is 28.0. The van der Waals surface area contributed by atoms with E-state index < -0.39 is 41.7 Å². The Balaban J connectivity index is 2.63. The molecule has 0 spiro atoms. The fraction of sp³-hybridized carbons (Fsp3) is 0.0769. The third-order valence-electron chi connectivity index (χ3n) is 2.63. The van der Waals surface area contributed by atoms with Gasteiger partial charge >= 0.3 is 3.93 Å². The van der Waals surface area contributed by atoms with Gasteiger partial charge in [-0.3, -0.25) is 4.79 Å². The van der Waals surface area contributed by atoms with E-state index in [4.69, 9.17) is 17.3 Å². The zero-order valence-electron chi connectivity index (χ0n) is 10.5. The number of halogens is 4. The molecule has 0 saturated carbocycles. The Hall–Kier alpha value is -1.48. The van der Waals surface area contributed by atoms with E-state index >= 15 is 0 Å². The second kappa shape index (κ2) is 6.10. The Morgan fingerprint density at radius 2 is 2.10 bits per heavy atom. The molecule has 0 unspecified atom stereocenters. The molecule has 110 valence electrons. The number of carbonyl (C=O) groups is 1. The minimum atomic E-state index is -3.18. The van der Waals surface area contributed by atoms with Crippen molar-refractivity contribution in [1.82, 2.24) is 9.97 Å². The van der Waals surface area contributed by atoms with Gasteiger partial charge in [-0.2, -0.15) is 8.78 Å². The van der Waals surface area contributed by atoms with Gasteiger partial charge in [0.15, 0.2) is 0 Å². The first-order valence-corrected chi connectivity index (χ1v) is 8.54. The Labute approximate surface area is 134 Å². The number of aromatic nitrogens is 2. The Morgan fingerprint density at radius 3 is 2.71 bits per heavy atom. The van der Waals surface area contributed by atoms with Crippen molar-refractivity contribution in [3.8, 4) is 0 Å². The van der Waals surface area contributed by atoms with Gasteiger partial charge in [-0.15, -0.1) is 0 Å². The standard InChI is InChI=1S/C13H9ClF2IN3O/c1-17-13(15,16)8-4-5-9(14)20-10(8)11(21)7-3-2-6-19-12(7)18/h2-6H,1H2,(H2,18,19). The predicted molar refractivity (Wildman–Crippen MR) is 86.4 cm³/mol. The van der Waals surface area contributed by atoms with Gasteiger partial charge < -0.3 is 5.73 Å². The molecule has 21 heavy (non-hydrogen) atoms. The lowest BCUT2D eigenvalue weighted by molar-refractivity contribution is 0.100. The molecule has 0 atom stereocenters. The molecule has 0 aliphatic carbocycles. The van der Waals surface area contributed by atoms with Crippen molar-refractivity contribution in [2.75, 3.05) is 5.73 Å². The third-order valence-corrected chi connectivity index (χ3v) is 4.38. The van der Waals surface area contributed by atoms with Crippen molar-refractivity contribution in [3.63, 3.8) is 0 Å². The van der Waals surface area contributed by atoms with Crippen LogP contribution in [0.3, 0.4) is 0 Å². The molecule has 0 aliphatic heterocycles. The number of anilines is 1. The molecule has 2 heterocycles. The number of nitrogen functional groups attached to an aromatic ring is 1. The van der Waals surface area contributed by atoms with Crippen LogP contribution in [-0.4, -0.2) is 20.3 Å². The van der Waals surface area contributed by atoms with E-state index in [1.807, 2.05) is 0 Å². The maximum Gasteiger partial charge on any atom is 0.318 e. The smallest absolute Gasteiger partial charge is 0.318 e. The van der Waals surface area contributed by atoms with E-state index in [2.05, 4.69) is 14.5 Å². The molecule has 2 aromatic rings. The quantitative estimate of drug-likeness (QED) is 0.354. The fourth-order valence-electron chi connectivity index (χ4n) is 1.65. The van der Waals surface area contributed by atoms with Crippen molar-refractivity contribution in [1.29, 1.82) is 0 Å². The zero-order valence-corrected chi connectivity index (χ0v) is 13.4. The number of nitrogens with zero attached hydrogens (tertiary/aromatic N) is 2. The Morgan fingerprint density at radius 1 is 1.38 bits per heavy atom. The zero-order chi connectivity index (χ0) is 15.6. The van der Waals surface area contributed by atoms with Gasteiger partial charge in [0, 0.05) is 6.20 Å². The van der Waals surface area contributed by atoms with E-state index in [1.54, 1.807) is 0 Å². The van der Waals surface area contributed by atoms with Gasteiger partial charge in [-0.25, -0.2) is 9.97 Å². The van der Waals surface area contributed by atoms with Crippen LogP contribution >= 0.6 is 32.3 Å². The molecule has 0 aromatic carbocycles. The van der Waals surface area contributed by atoms with E-state index in [9.17, 15) is 13.6 Å². The maximum atomic E-state index is 14.0. The largest absolute Gasteiger partial charge is 0.383 e. The molecule has 0 saturated heterocycles. The molecule has 2 rings (SSSR count). The lowest BCUT2D eigenvalue weighted by Crippen LogP contribution is -2.16. The molecule has 2 aromatic heterocycles. The Kier molecular flexibility index (Phi) is 4.62. The Bertz CT molecular complexity index is 724. The number of hydrogen-bond donors (Lipinski definition) is 1. The lowest BCUT2D eigenvalue weighted by Gasteiger charge is -2.15. The molecule has 8 heteroatoms. The van der Waals surface area contributed by atoms with Crippen LogP contribution in [0.1, 0.15) is 21.6 Å². The predicted octanol–water partition coefficient (Wildman–Crippen LogP) is 3.40. The topological polar surface area (TPSA) is 68.9 Å². The minimum absolute atomic E-state index is 0.00609. The molecular formula is C13H9ClF2IN3O. The van der Waals surface area contributed by atoms with Crippen LogP contribution < -0.4 is 5.73 Å². The number of rotatable bonds is 4. The summed E-state index contributed by atoms with van der Waals surface area (Å²) in [7, 11) is 0. The number of nitrogens with two attached hydrogens (primary N) is 1. The summed E-state index contributed by atoms with van der Waals surface area (Å²) in [5.74, 6) is -0.793. The summed E-state index contributed by atoms with van der Waals surface area (Å²) in [6.07, 6.45) is 1.40. The van der Waals surface area contributed by atoms with E-state index in [0.717, 1.165) is 6.07 Å². The van der Waals surface area contributed by atoms with Gasteiger partial charge in [0.2, 0.25) is 5.78 Å². The molecule has 0 radical (unpaired) electrons. The first-order valence-electron chi connectivity index (χ1n) is 5.56. The SMILES string of the molecule is C=IC(F)(F)c1ccc(Cl)nc1C(=O)c1cccnc1N. The summed E-state index contributed by atoms with van der Waals surface area (Å²) in [5.41, 5.74) is 4.70. The second-order valence-corrected chi connectivity index (χ2v) is 6.43. The summed E-state index contributed by atoms with van der Waals surface area (Å²) in [6.45, 7) is 0. The van der Waals surface area contributed by atoms with Crippen molar-refractivity contribution in [2.24, 2.45) is 0 Å². The molecule has 0 amide bonds. The van der Waals surface area contributed by atoms with Crippen molar-refractivity contribution in [2.45, 2.75) is 3.93 Å². The van der Waals surface area contributed by atoms with Crippen molar-refractivity contribution >= 4 is 48.4 Å². The summed E-state index contributed by atoms with van der Waals surface area (Å²) >= 11 is 4.01. The highest BCUT2D eigenvalue weighted by Gasteiger charge is 2.34. The van der Waals surface area contributed by atoms with E-state index in [-0.39, 0.29) is 16.5 Å². The number of ketones is 1. The highest BCUT2D eigenvalue weighted by Crippen LogP contribution is 2.40. The van der Waals surface area contributed by atoms with Gasteiger partial charge in [-0.1, -0.05) is 16.1 Å². The van der Waals surface area contributed by atoms with Crippen LogP contribution in [0.2, 0.25) is 5.15 Å². The molecule has 0 bridgehead atoms. The number of carbonyl (C=O) groups excluding carboxylic acids is 1. The van der Waals surface area contributed by atoms with Crippen LogP contribution in [0.4, 0.5) is 14.6 Å². The minimum Gasteiger partial charge on any atom is -0.383 e. The van der Waals surface area contributed by atoms with E-state index in [0.29, 0.717) is 0 Å². The van der Waals surface area contributed by atoms with Gasteiger partial charge in [-0.05, 0) is 45.0 Å². The van der Waals surface area contributed by atoms with Crippen molar-refractivity contribution < 1.29 is 13.6 Å². The highest BCUT2D eigenvalue weighted by atomic mass is 127. The van der Waals surface area contributed by atoms with Gasteiger partial charge in [0.05, 0.1) is 11.1 Å². The van der Waals surface area contributed by atoms with Crippen LogP contribution in [0, 0.1) is 0 Å². The fourth-order valence-corrected chi connectivity index (χ4v) is 2.64.